The Bertz CT molecular complexity index is 491. The second-order valence-corrected chi connectivity index (χ2v) is 5.07. The highest BCUT2D eigenvalue weighted by atomic mass is 127. The van der Waals surface area contributed by atoms with Gasteiger partial charge in [0.25, 0.3) is 0 Å². The van der Waals surface area contributed by atoms with E-state index in [9.17, 15) is 4.79 Å². The molecule has 0 aliphatic carbocycles. The van der Waals surface area contributed by atoms with Crippen molar-refractivity contribution in [2.45, 2.75) is 39.7 Å². The predicted octanol–water partition coefficient (Wildman–Crippen LogP) is 2.45. The minimum atomic E-state index is 0. The Hall–Kier alpha value is -1.31. The minimum absolute atomic E-state index is 0. The quantitative estimate of drug-likeness (QED) is 0.336. The van der Waals surface area contributed by atoms with Crippen LogP contribution in [0.1, 0.15) is 37.8 Å². The number of halogens is 1. The van der Waals surface area contributed by atoms with Gasteiger partial charge in [-0.3, -0.25) is 9.79 Å². The highest BCUT2D eigenvalue weighted by Crippen LogP contribution is 2.08. The van der Waals surface area contributed by atoms with Crippen LogP contribution in [0.15, 0.2) is 29.3 Å². The monoisotopic (exact) mass is 432 g/mol. The number of nitrogens with zero attached hydrogens (tertiary/aromatic N) is 1. The summed E-state index contributed by atoms with van der Waals surface area (Å²) in [4.78, 5) is 15.7. The van der Waals surface area contributed by atoms with Gasteiger partial charge >= 0.3 is 0 Å². The van der Waals surface area contributed by atoms with Crippen molar-refractivity contribution < 1.29 is 4.79 Å². The SMILES string of the molecule is CCCNC(=O)CCNC(=NC)NCc1ccccc1CC.I. The molecule has 0 bridgehead atoms. The van der Waals surface area contributed by atoms with E-state index in [1.54, 1.807) is 7.05 Å². The second kappa shape index (κ2) is 13.2. The normalized spacial score (nSPS) is 10.7. The molecule has 23 heavy (non-hydrogen) atoms. The van der Waals surface area contributed by atoms with Gasteiger partial charge in [0.1, 0.15) is 0 Å². The molecule has 0 aliphatic rings. The van der Waals surface area contributed by atoms with Gasteiger partial charge < -0.3 is 16.0 Å². The fraction of sp³-hybridized carbons (Fsp3) is 0.529. The second-order valence-electron chi connectivity index (χ2n) is 5.07. The number of carbonyl (C=O) groups excluding carboxylic acids is 1. The van der Waals surface area contributed by atoms with Crippen LogP contribution in [0, 0.1) is 0 Å². The van der Waals surface area contributed by atoms with Gasteiger partial charge in [-0.1, -0.05) is 38.1 Å². The highest BCUT2D eigenvalue weighted by Gasteiger charge is 2.03. The Morgan fingerprint density at radius 2 is 1.74 bits per heavy atom. The summed E-state index contributed by atoms with van der Waals surface area (Å²) in [5.74, 6) is 0.787. The third-order valence-electron chi connectivity index (χ3n) is 3.39. The van der Waals surface area contributed by atoms with E-state index >= 15 is 0 Å². The maximum Gasteiger partial charge on any atom is 0.221 e. The largest absolute Gasteiger partial charge is 0.356 e. The summed E-state index contributed by atoms with van der Waals surface area (Å²) in [7, 11) is 1.73. The van der Waals surface area contributed by atoms with Crippen LogP contribution in [0.5, 0.6) is 0 Å². The first kappa shape index (κ1) is 21.7. The van der Waals surface area contributed by atoms with Gasteiger partial charge in [0, 0.05) is 33.1 Å². The topological polar surface area (TPSA) is 65.5 Å². The summed E-state index contributed by atoms with van der Waals surface area (Å²) in [5, 5.41) is 9.30. The third-order valence-corrected chi connectivity index (χ3v) is 3.39. The number of rotatable bonds is 8. The summed E-state index contributed by atoms with van der Waals surface area (Å²) in [6.45, 7) is 6.23. The van der Waals surface area contributed by atoms with Gasteiger partial charge in [0.15, 0.2) is 5.96 Å². The zero-order chi connectivity index (χ0) is 16.2. The summed E-state index contributed by atoms with van der Waals surface area (Å²) >= 11 is 0. The molecule has 0 fully saturated rings. The van der Waals surface area contributed by atoms with E-state index in [0.29, 0.717) is 18.9 Å². The number of aliphatic imine (C=N–C) groups is 1. The van der Waals surface area contributed by atoms with Crippen molar-refractivity contribution in [2.75, 3.05) is 20.1 Å². The molecular formula is C17H29IN4O. The number of nitrogens with one attached hydrogen (secondary N) is 3. The molecule has 0 saturated carbocycles. The number of hydrogen-bond donors (Lipinski definition) is 3. The fourth-order valence-electron chi connectivity index (χ4n) is 2.12. The number of guanidine groups is 1. The van der Waals surface area contributed by atoms with Crippen molar-refractivity contribution in [2.24, 2.45) is 4.99 Å². The molecule has 1 aromatic carbocycles. The third kappa shape index (κ3) is 8.78. The molecule has 0 atom stereocenters. The van der Waals surface area contributed by atoms with Crippen LogP contribution in [-0.2, 0) is 17.8 Å². The molecule has 0 heterocycles. The lowest BCUT2D eigenvalue weighted by Crippen LogP contribution is -2.39. The predicted molar refractivity (Wildman–Crippen MR) is 107 cm³/mol. The van der Waals surface area contributed by atoms with E-state index in [2.05, 4.69) is 46.1 Å². The molecule has 0 unspecified atom stereocenters. The molecule has 6 heteroatoms. The van der Waals surface area contributed by atoms with Gasteiger partial charge in [-0.15, -0.1) is 24.0 Å². The van der Waals surface area contributed by atoms with Crippen LogP contribution < -0.4 is 16.0 Å². The summed E-state index contributed by atoms with van der Waals surface area (Å²) < 4.78 is 0. The molecule has 1 rings (SSSR count). The average molecular weight is 432 g/mol. The summed E-state index contributed by atoms with van der Waals surface area (Å²) in [6.07, 6.45) is 2.42. The van der Waals surface area contributed by atoms with Gasteiger partial charge in [0.05, 0.1) is 0 Å². The van der Waals surface area contributed by atoms with Crippen molar-refractivity contribution in [3.8, 4) is 0 Å². The number of benzene rings is 1. The molecule has 1 amide bonds. The molecule has 0 radical (unpaired) electrons. The lowest BCUT2D eigenvalue weighted by Gasteiger charge is -2.13. The van der Waals surface area contributed by atoms with Gasteiger partial charge in [0.2, 0.25) is 5.91 Å². The first-order valence-corrected chi connectivity index (χ1v) is 7.99. The number of amides is 1. The number of hydrogen-bond acceptors (Lipinski definition) is 2. The smallest absolute Gasteiger partial charge is 0.221 e. The molecule has 1 aromatic rings. The lowest BCUT2D eigenvalue weighted by molar-refractivity contribution is -0.120. The van der Waals surface area contributed by atoms with Crippen molar-refractivity contribution in [3.05, 3.63) is 35.4 Å². The molecule has 5 nitrogen and oxygen atoms in total. The van der Waals surface area contributed by atoms with E-state index in [-0.39, 0.29) is 29.9 Å². The highest BCUT2D eigenvalue weighted by molar-refractivity contribution is 14.0. The van der Waals surface area contributed by atoms with Crippen LogP contribution in [0.3, 0.4) is 0 Å². The molecule has 130 valence electrons. The molecule has 0 aliphatic heterocycles. The van der Waals surface area contributed by atoms with Crippen molar-refractivity contribution >= 4 is 35.8 Å². The minimum Gasteiger partial charge on any atom is -0.356 e. The zero-order valence-electron chi connectivity index (χ0n) is 14.3. The standard InChI is InChI=1S/C17H28N4O.HI/c1-4-11-19-16(22)10-12-20-17(18-3)21-13-15-9-7-6-8-14(15)5-2;/h6-9H,4-5,10-13H2,1-3H3,(H,19,22)(H2,18,20,21);1H. The van der Waals surface area contributed by atoms with E-state index in [1.807, 2.05) is 13.0 Å². The van der Waals surface area contributed by atoms with Gasteiger partial charge in [-0.2, -0.15) is 0 Å². The van der Waals surface area contributed by atoms with Crippen molar-refractivity contribution in [3.63, 3.8) is 0 Å². The van der Waals surface area contributed by atoms with Crippen LogP contribution in [0.25, 0.3) is 0 Å². The zero-order valence-corrected chi connectivity index (χ0v) is 16.6. The molecule has 0 spiro atoms. The Morgan fingerprint density at radius 1 is 1.04 bits per heavy atom. The number of carbonyl (C=O) groups is 1. The fourth-order valence-corrected chi connectivity index (χ4v) is 2.12. The molecule has 0 saturated heterocycles. The van der Waals surface area contributed by atoms with Crippen LogP contribution >= 0.6 is 24.0 Å². The van der Waals surface area contributed by atoms with Crippen molar-refractivity contribution in [1.82, 2.24) is 16.0 Å². The van der Waals surface area contributed by atoms with Gasteiger partial charge in [-0.25, -0.2) is 0 Å². The average Bonchev–Trinajstić information content (AvgIpc) is 2.56. The lowest BCUT2D eigenvalue weighted by atomic mass is 10.1. The summed E-state index contributed by atoms with van der Waals surface area (Å²) in [6, 6.07) is 8.37. The van der Waals surface area contributed by atoms with E-state index in [4.69, 9.17) is 0 Å². The first-order chi connectivity index (χ1) is 10.7. The van der Waals surface area contributed by atoms with Crippen LogP contribution in [-0.4, -0.2) is 32.0 Å². The van der Waals surface area contributed by atoms with Crippen LogP contribution in [0.2, 0.25) is 0 Å². The Labute approximate surface area is 156 Å². The Kier molecular flexibility index (Phi) is 12.4. The molecule has 3 N–H and O–H groups in total. The maximum atomic E-state index is 11.5. The summed E-state index contributed by atoms with van der Waals surface area (Å²) in [5.41, 5.74) is 2.61. The maximum absolute atomic E-state index is 11.5. The number of aryl methyl sites for hydroxylation is 1. The first-order valence-electron chi connectivity index (χ1n) is 7.99. The van der Waals surface area contributed by atoms with Gasteiger partial charge in [-0.05, 0) is 24.0 Å². The van der Waals surface area contributed by atoms with E-state index in [1.165, 1.54) is 11.1 Å². The van der Waals surface area contributed by atoms with Crippen LogP contribution in [0.4, 0.5) is 0 Å². The van der Waals surface area contributed by atoms with E-state index in [0.717, 1.165) is 25.9 Å². The van der Waals surface area contributed by atoms with E-state index < -0.39 is 0 Å². The molecular weight excluding hydrogens is 403 g/mol. The van der Waals surface area contributed by atoms with Crippen molar-refractivity contribution in [1.29, 1.82) is 0 Å². The Morgan fingerprint density at radius 3 is 2.35 bits per heavy atom. The Balaban J connectivity index is 0.00000484. The molecule has 0 aromatic heterocycles.